The topological polar surface area (TPSA) is 29.5 Å². The Hall–Kier alpha value is -1.09. The number of ether oxygens (including phenoxy) is 1. The molecule has 1 unspecified atom stereocenters. The zero-order valence-corrected chi connectivity index (χ0v) is 9.45. The summed E-state index contributed by atoms with van der Waals surface area (Å²) in [5.41, 5.74) is 0.653. The van der Waals surface area contributed by atoms with E-state index in [2.05, 4.69) is 0 Å². The van der Waals surface area contributed by atoms with Crippen molar-refractivity contribution >= 4 is 0 Å². The minimum absolute atomic E-state index is 0.326. The van der Waals surface area contributed by atoms with Crippen molar-refractivity contribution < 1.29 is 14.2 Å². The van der Waals surface area contributed by atoms with E-state index in [9.17, 15) is 9.50 Å². The molecule has 1 aliphatic carbocycles. The molecular weight excluding hydrogens is 207 g/mol. The molecule has 1 N–H and O–H groups in total. The number of hydrogen-bond donors (Lipinski definition) is 1. The van der Waals surface area contributed by atoms with Crippen LogP contribution in [0.4, 0.5) is 4.39 Å². The Balaban J connectivity index is 2.06. The van der Waals surface area contributed by atoms with Crippen LogP contribution >= 0.6 is 0 Å². The van der Waals surface area contributed by atoms with E-state index >= 15 is 0 Å². The quantitative estimate of drug-likeness (QED) is 0.851. The summed E-state index contributed by atoms with van der Waals surface area (Å²) in [6, 6.07) is 4.27. The van der Waals surface area contributed by atoms with Crippen LogP contribution in [-0.4, -0.2) is 11.7 Å². The molecule has 0 radical (unpaired) electrons. The molecule has 1 fully saturated rings. The van der Waals surface area contributed by atoms with Gasteiger partial charge in [-0.15, -0.1) is 0 Å². The van der Waals surface area contributed by atoms with Crippen LogP contribution in [0.3, 0.4) is 0 Å². The molecule has 0 bridgehead atoms. The molecule has 0 spiro atoms. The van der Waals surface area contributed by atoms with E-state index in [1.807, 2.05) is 0 Å². The van der Waals surface area contributed by atoms with Gasteiger partial charge in [0.15, 0.2) is 0 Å². The molecule has 1 saturated carbocycles. The Kier molecular flexibility index (Phi) is 3.44. The zero-order chi connectivity index (χ0) is 11.5. The summed E-state index contributed by atoms with van der Waals surface area (Å²) in [5.74, 6) is 0.750. The molecule has 0 saturated heterocycles. The standard InChI is InChI=1S/C13H17FO2/c1-9(15)12-6-5-11(14)7-13(12)16-8-10-3-2-4-10/h5-7,9-10,15H,2-4,8H2,1H3. The lowest BCUT2D eigenvalue weighted by atomic mass is 9.86. The zero-order valence-electron chi connectivity index (χ0n) is 9.45. The molecule has 16 heavy (non-hydrogen) atoms. The molecule has 1 aromatic rings. The second-order valence-corrected chi connectivity index (χ2v) is 4.47. The smallest absolute Gasteiger partial charge is 0.128 e. The number of aliphatic hydroxyl groups excluding tert-OH is 1. The molecular formula is C13H17FO2. The van der Waals surface area contributed by atoms with Gasteiger partial charge in [0.05, 0.1) is 12.7 Å². The highest BCUT2D eigenvalue weighted by Gasteiger charge is 2.19. The van der Waals surface area contributed by atoms with Crippen molar-refractivity contribution in [3.63, 3.8) is 0 Å². The van der Waals surface area contributed by atoms with E-state index in [0.29, 0.717) is 23.8 Å². The van der Waals surface area contributed by atoms with Crippen LogP contribution in [-0.2, 0) is 0 Å². The Morgan fingerprint density at radius 2 is 2.25 bits per heavy atom. The molecule has 0 aliphatic heterocycles. The normalized spacial score (nSPS) is 17.9. The molecule has 2 rings (SSSR count). The third kappa shape index (κ3) is 2.53. The first-order valence-electron chi connectivity index (χ1n) is 5.77. The molecule has 0 amide bonds. The SMILES string of the molecule is CC(O)c1ccc(F)cc1OCC1CCC1. The summed E-state index contributed by atoms with van der Waals surface area (Å²) >= 11 is 0. The van der Waals surface area contributed by atoms with Crippen LogP contribution in [0.1, 0.15) is 37.9 Å². The fourth-order valence-electron chi connectivity index (χ4n) is 1.85. The lowest BCUT2D eigenvalue weighted by molar-refractivity contribution is 0.163. The first-order valence-corrected chi connectivity index (χ1v) is 5.77. The second kappa shape index (κ2) is 4.83. The highest BCUT2D eigenvalue weighted by atomic mass is 19.1. The maximum Gasteiger partial charge on any atom is 0.128 e. The van der Waals surface area contributed by atoms with E-state index in [1.165, 1.54) is 31.4 Å². The largest absolute Gasteiger partial charge is 0.493 e. The molecule has 1 aromatic carbocycles. The summed E-state index contributed by atoms with van der Waals surface area (Å²) in [6.45, 7) is 2.28. The summed E-state index contributed by atoms with van der Waals surface area (Å²) in [7, 11) is 0. The number of halogens is 1. The minimum Gasteiger partial charge on any atom is -0.493 e. The van der Waals surface area contributed by atoms with Gasteiger partial charge >= 0.3 is 0 Å². The predicted octanol–water partition coefficient (Wildman–Crippen LogP) is 3.06. The predicted molar refractivity (Wildman–Crippen MR) is 59.9 cm³/mol. The van der Waals surface area contributed by atoms with Crippen molar-refractivity contribution in [1.29, 1.82) is 0 Å². The lowest BCUT2D eigenvalue weighted by Crippen LogP contribution is -2.19. The molecule has 2 nitrogen and oxygen atoms in total. The third-order valence-electron chi connectivity index (χ3n) is 3.12. The van der Waals surface area contributed by atoms with Gasteiger partial charge in [-0.3, -0.25) is 0 Å². The van der Waals surface area contributed by atoms with Crippen molar-refractivity contribution in [3.8, 4) is 5.75 Å². The molecule has 1 aliphatic rings. The Labute approximate surface area is 95.1 Å². The summed E-state index contributed by atoms with van der Waals surface area (Å²) in [5, 5.41) is 9.53. The van der Waals surface area contributed by atoms with Gasteiger partial charge in [-0.05, 0) is 37.8 Å². The number of rotatable bonds is 4. The Morgan fingerprint density at radius 3 is 2.81 bits per heavy atom. The van der Waals surface area contributed by atoms with Gasteiger partial charge in [0.1, 0.15) is 11.6 Å². The van der Waals surface area contributed by atoms with E-state index in [1.54, 1.807) is 13.0 Å². The molecule has 0 heterocycles. The van der Waals surface area contributed by atoms with Crippen molar-refractivity contribution in [2.75, 3.05) is 6.61 Å². The van der Waals surface area contributed by atoms with Gasteiger partial charge in [-0.25, -0.2) is 4.39 Å². The van der Waals surface area contributed by atoms with Crippen LogP contribution in [0.25, 0.3) is 0 Å². The van der Waals surface area contributed by atoms with Crippen molar-refractivity contribution in [2.24, 2.45) is 5.92 Å². The van der Waals surface area contributed by atoms with Gasteiger partial charge in [-0.2, -0.15) is 0 Å². The summed E-state index contributed by atoms with van der Waals surface area (Å²) < 4.78 is 18.7. The summed E-state index contributed by atoms with van der Waals surface area (Å²) in [6.07, 6.45) is 3.02. The van der Waals surface area contributed by atoms with Gasteiger partial charge in [0.25, 0.3) is 0 Å². The number of aliphatic hydroxyl groups is 1. The molecule has 1 atom stereocenters. The summed E-state index contributed by atoms with van der Waals surface area (Å²) in [4.78, 5) is 0. The maximum absolute atomic E-state index is 13.1. The average Bonchev–Trinajstić information content (AvgIpc) is 2.14. The van der Waals surface area contributed by atoms with Gasteiger partial charge < -0.3 is 9.84 Å². The van der Waals surface area contributed by atoms with Gasteiger partial charge in [0, 0.05) is 11.6 Å². The molecule has 88 valence electrons. The number of hydrogen-bond acceptors (Lipinski definition) is 2. The highest BCUT2D eigenvalue weighted by molar-refractivity contribution is 5.35. The Bertz CT molecular complexity index is 359. The second-order valence-electron chi connectivity index (χ2n) is 4.47. The van der Waals surface area contributed by atoms with Crippen LogP contribution in [0, 0.1) is 11.7 Å². The van der Waals surface area contributed by atoms with E-state index in [4.69, 9.17) is 4.74 Å². The Morgan fingerprint density at radius 1 is 1.50 bits per heavy atom. The molecule has 0 aromatic heterocycles. The van der Waals surface area contributed by atoms with Crippen LogP contribution in [0.2, 0.25) is 0 Å². The lowest BCUT2D eigenvalue weighted by Gasteiger charge is -2.26. The first-order chi connectivity index (χ1) is 7.66. The average molecular weight is 224 g/mol. The number of benzene rings is 1. The van der Waals surface area contributed by atoms with Crippen molar-refractivity contribution in [2.45, 2.75) is 32.3 Å². The fourth-order valence-corrected chi connectivity index (χ4v) is 1.85. The van der Waals surface area contributed by atoms with Crippen LogP contribution in [0.5, 0.6) is 5.75 Å². The van der Waals surface area contributed by atoms with Crippen molar-refractivity contribution in [1.82, 2.24) is 0 Å². The van der Waals surface area contributed by atoms with E-state index < -0.39 is 6.10 Å². The highest BCUT2D eigenvalue weighted by Crippen LogP contribution is 2.30. The molecule has 3 heteroatoms. The van der Waals surface area contributed by atoms with Crippen LogP contribution in [0.15, 0.2) is 18.2 Å². The van der Waals surface area contributed by atoms with Crippen molar-refractivity contribution in [3.05, 3.63) is 29.6 Å². The maximum atomic E-state index is 13.1. The fraction of sp³-hybridized carbons (Fsp3) is 0.538. The first kappa shape index (κ1) is 11.4. The van der Waals surface area contributed by atoms with Crippen LogP contribution < -0.4 is 4.74 Å². The van der Waals surface area contributed by atoms with Gasteiger partial charge in [0.2, 0.25) is 0 Å². The minimum atomic E-state index is -0.628. The van der Waals surface area contributed by atoms with Gasteiger partial charge in [-0.1, -0.05) is 6.42 Å². The monoisotopic (exact) mass is 224 g/mol. The van der Waals surface area contributed by atoms with E-state index in [-0.39, 0.29) is 5.82 Å². The third-order valence-corrected chi connectivity index (χ3v) is 3.12. The van der Waals surface area contributed by atoms with E-state index in [0.717, 1.165) is 0 Å².